The number of hydrogen-bond donors (Lipinski definition) is 2. The van der Waals surface area contributed by atoms with E-state index < -0.39 is 0 Å². The van der Waals surface area contributed by atoms with Gasteiger partial charge in [0.15, 0.2) is 0 Å². The number of aromatic nitrogens is 1. The zero-order valence-corrected chi connectivity index (χ0v) is 15.6. The number of carbonyl (C=O) groups excluding carboxylic acids is 1. The molecule has 0 bridgehead atoms. The van der Waals surface area contributed by atoms with Crippen molar-refractivity contribution in [2.24, 2.45) is 0 Å². The Morgan fingerprint density at radius 3 is 2.63 bits per heavy atom. The summed E-state index contributed by atoms with van der Waals surface area (Å²) in [7, 11) is 3.13. The van der Waals surface area contributed by atoms with E-state index in [0.717, 1.165) is 11.4 Å². The number of pyridine rings is 1. The SMILES string of the molecule is COc1cccc(Nc2cncc(C(=O)Nc3cc(Cl)ccc3OC)c2)c1. The van der Waals surface area contributed by atoms with E-state index in [1.807, 2.05) is 24.3 Å². The Balaban J connectivity index is 1.78. The molecule has 0 saturated heterocycles. The average molecular weight is 384 g/mol. The van der Waals surface area contributed by atoms with Gasteiger partial charge in [0.25, 0.3) is 5.91 Å². The third kappa shape index (κ3) is 4.68. The Morgan fingerprint density at radius 2 is 1.85 bits per heavy atom. The fourth-order valence-corrected chi connectivity index (χ4v) is 2.64. The van der Waals surface area contributed by atoms with Crippen LogP contribution >= 0.6 is 11.6 Å². The molecule has 2 N–H and O–H groups in total. The zero-order chi connectivity index (χ0) is 19.2. The Kier molecular flexibility index (Phi) is 5.78. The highest BCUT2D eigenvalue weighted by molar-refractivity contribution is 6.31. The molecule has 2 aromatic carbocycles. The van der Waals surface area contributed by atoms with E-state index in [1.54, 1.807) is 37.6 Å². The summed E-state index contributed by atoms with van der Waals surface area (Å²) < 4.78 is 10.5. The predicted molar refractivity (Wildman–Crippen MR) is 106 cm³/mol. The molecule has 7 heteroatoms. The van der Waals surface area contributed by atoms with E-state index >= 15 is 0 Å². The van der Waals surface area contributed by atoms with E-state index in [0.29, 0.717) is 27.7 Å². The Bertz CT molecular complexity index is 963. The topological polar surface area (TPSA) is 72.5 Å². The standard InChI is InChI=1S/C20H18ClN3O3/c1-26-17-5-3-4-15(10-17)23-16-8-13(11-22-12-16)20(25)24-18-9-14(21)6-7-19(18)27-2/h3-12,23H,1-2H3,(H,24,25). The number of rotatable bonds is 6. The number of amides is 1. The highest BCUT2D eigenvalue weighted by atomic mass is 35.5. The number of anilines is 3. The van der Waals surface area contributed by atoms with E-state index in [-0.39, 0.29) is 5.91 Å². The number of carbonyl (C=O) groups is 1. The fraction of sp³-hybridized carbons (Fsp3) is 0.100. The molecule has 1 amide bonds. The summed E-state index contributed by atoms with van der Waals surface area (Å²) in [5.74, 6) is 0.929. The highest BCUT2D eigenvalue weighted by Crippen LogP contribution is 2.28. The van der Waals surface area contributed by atoms with E-state index in [4.69, 9.17) is 21.1 Å². The van der Waals surface area contributed by atoms with Gasteiger partial charge in [-0.2, -0.15) is 0 Å². The van der Waals surface area contributed by atoms with Crippen molar-refractivity contribution < 1.29 is 14.3 Å². The van der Waals surface area contributed by atoms with Crippen LogP contribution in [0.5, 0.6) is 11.5 Å². The normalized spacial score (nSPS) is 10.2. The molecule has 6 nitrogen and oxygen atoms in total. The van der Waals surface area contributed by atoms with Crippen LogP contribution in [0, 0.1) is 0 Å². The van der Waals surface area contributed by atoms with Gasteiger partial charge in [-0.1, -0.05) is 17.7 Å². The number of nitrogens with one attached hydrogen (secondary N) is 2. The second kappa shape index (κ2) is 8.42. The van der Waals surface area contributed by atoms with Gasteiger partial charge in [0.1, 0.15) is 11.5 Å². The minimum Gasteiger partial charge on any atom is -0.497 e. The third-order valence-electron chi connectivity index (χ3n) is 3.77. The first kappa shape index (κ1) is 18.5. The quantitative estimate of drug-likeness (QED) is 0.642. The average Bonchev–Trinajstić information content (AvgIpc) is 2.68. The van der Waals surface area contributed by atoms with Gasteiger partial charge < -0.3 is 20.1 Å². The van der Waals surface area contributed by atoms with Crippen LogP contribution in [-0.4, -0.2) is 25.1 Å². The number of hydrogen-bond acceptors (Lipinski definition) is 5. The first-order valence-electron chi connectivity index (χ1n) is 8.10. The maximum absolute atomic E-state index is 12.6. The van der Waals surface area contributed by atoms with Crippen LogP contribution in [0.15, 0.2) is 60.9 Å². The van der Waals surface area contributed by atoms with Gasteiger partial charge in [-0.05, 0) is 36.4 Å². The monoisotopic (exact) mass is 383 g/mol. The van der Waals surface area contributed by atoms with Crippen molar-refractivity contribution in [3.63, 3.8) is 0 Å². The van der Waals surface area contributed by atoms with E-state index in [1.165, 1.54) is 13.3 Å². The van der Waals surface area contributed by atoms with Crippen molar-refractivity contribution in [1.82, 2.24) is 4.98 Å². The smallest absolute Gasteiger partial charge is 0.257 e. The highest BCUT2D eigenvalue weighted by Gasteiger charge is 2.11. The first-order chi connectivity index (χ1) is 13.1. The molecule has 0 atom stereocenters. The summed E-state index contributed by atoms with van der Waals surface area (Å²) in [5, 5.41) is 6.49. The van der Waals surface area contributed by atoms with Crippen molar-refractivity contribution in [3.8, 4) is 11.5 Å². The lowest BCUT2D eigenvalue weighted by atomic mass is 10.2. The largest absolute Gasteiger partial charge is 0.497 e. The van der Waals surface area contributed by atoms with Gasteiger partial charge in [0, 0.05) is 23.0 Å². The molecule has 0 fully saturated rings. The summed E-state index contributed by atoms with van der Waals surface area (Å²) in [6.07, 6.45) is 3.12. The second-order valence-corrected chi connectivity index (χ2v) is 6.05. The van der Waals surface area contributed by atoms with Crippen LogP contribution in [0.2, 0.25) is 5.02 Å². The van der Waals surface area contributed by atoms with Gasteiger partial charge in [0.2, 0.25) is 0 Å². The predicted octanol–water partition coefficient (Wildman–Crippen LogP) is 4.75. The molecule has 3 rings (SSSR count). The summed E-state index contributed by atoms with van der Waals surface area (Å²) in [5.41, 5.74) is 2.38. The van der Waals surface area contributed by atoms with Crippen molar-refractivity contribution >= 4 is 34.6 Å². The molecular weight excluding hydrogens is 366 g/mol. The maximum Gasteiger partial charge on any atom is 0.257 e. The molecule has 0 aliphatic carbocycles. The number of nitrogens with zero attached hydrogens (tertiary/aromatic N) is 1. The molecule has 27 heavy (non-hydrogen) atoms. The van der Waals surface area contributed by atoms with Gasteiger partial charge in [-0.25, -0.2) is 0 Å². The van der Waals surface area contributed by atoms with Crippen molar-refractivity contribution in [1.29, 1.82) is 0 Å². The van der Waals surface area contributed by atoms with Gasteiger partial charge >= 0.3 is 0 Å². The Labute approximate surface area is 162 Å². The number of halogens is 1. The van der Waals surface area contributed by atoms with Crippen LogP contribution < -0.4 is 20.1 Å². The number of ether oxygens (including phenoxy) is 2. The van der Waals surface area contributed by atoms with Crippen LogP contribution in [-0.2, 0) is 0 Å². The Morgan fingerprint density at radius 1 is 1.00 bits per heavy atom. The maximum atomic E-state index is 12.6. The van der Waals surface area contributed by atoms with Gasteiger partial charge in [-0.15, -0.1) is 0 Å². The van der Waals surface area contributed by atoms with Crippen LogP contribution in [0.4, 0.5) is 17.1 Å². The summed E-state index contributed by atoms with van der Waals surface area (Å²) in [4.78, 5) is 16.7. The molecule has 0 saturated carbocycles. The van der Waals surface area contributed by atoms with E-state index in [2.05, 4.69) is 15.6 Å². The van der Waals surface area contributed by atoms with Gasteiger partial charge in [-0.3, -0.25) is 9.78 Å². The molecule has 1 aromatic heterocycles. The second-order valence-electron chi connectivity index (χ2n) is 5.62. The molecular formula is C20H18ClN3O3. The van der Waals surface area contributed by atoms with Crippen LogP contribution in [0.3, 0.4) is 0 Å². The molecule has 138 valence electrons. The minimum absolute atomic E-state index is 0.322. The first-order valence-corrected chi connectivity index (χ1v) is 8.48. The molecule has 0 aliphatic heterocycles. The molecule has 0 aliphatic rings. The van der Waals surface area contributed by atoms with E-state index in [9.17, 15) is 4.79 Å². The molecule has 0 radical (unpaired) electrons. The number of benzene rings is 2. The lowest BCUT2D eigenvalue weighted by molar-refractivity contribution is 0.102. The summed E-state index contributed by atoms with van der Waals surface area (Å²) in [6.45, 7) is 0. The van der Waals surface area contributed by atoms with Crippen molar-refractivity contribution in [3.05, 3.63) is 71.5 Å². The van der Waals surface area contributed by atoms with Crippen molar-refractivity contribution in [2.75, 3.05) is 24.9 Å². The van der Waals surface area contributed by atoms with Crippen LogP contribution in [0.1, 0.15) is 10.4 Å². The van der Waals surface area contributed by atoms with Crippen molar-refractivity contribution in [2.45, 2.75) is 0 Å². The number of methoxy groups -OCH3 is 2. The minimum atomic E-state index is -0.322. The lowest BCUT2D eigenvalue weighted by Crippen LogP contribution is -2.13. The third-order valence-corrected chi connectivity index (χ3v) is 4.00. The molecule has 0 spiro atoms. The lowest BCUT2D eigenvalue weighted by Gasteiger charge is -2.12. The molecule has 3 aromatic rings. The zero-order valence-electron chi connectivity index (χ0n) is 14.8. The summed E-state index contributed by atoms with van der Waals surface area (Å²) in [6, 6.07) is 14.2. The van der Waals surface area contributed by atoms with Gasteiger partial charge in [0.05, 0.1) is 37.4 Å². The Hall–Kier alpha value is -3.25. The molecule has 0 unspecified atom stereocenters. The van der Waals surface area contributed by atoms with Crippen LogP contribution in [0.25, 0.3) is 0 Å². The fourth-order valence-electron chi connectivity index (χ4n) is 2.47. The molecule has 1 heterocycles. The summed E-state index contributed by atoms with van der Waals surface area (Å²) >= 11 is 6.00.